The minimum Gasteiger partial charge on any atom is -0.447 e. The van der Waals surface area contributed by atoms with Gasteiger partial charge in [0.05, 0.1) is 11.8 Å². The van der Waals surface area contributed by atoms with Crippen molar-refractivity contribution < 1.29 is 9.53 Å². The third-order valence-electron chi connectivity index (χ3n) is 4.18. The van der Waals surface area contributed by atoms with Crippen LogP contribution in [0.5, 0.6) is 0 Å². The summed E-state index contributed by atoms with van der Waals surface area (Å²) in [7, 11) is 0. The zero-order valence-electron chi connectivity index (χ0n) is 13.9. The Labute approximate surface area is 151 Å². The van der Waals surface area contributed by atoms with Gasteiger partial charge in [-0.2, -0.15) is 10.2 Å². The summed E-state index contributed by atoms with van der Waals surface area (Å²) in [5, 5.41) is 10.3. The van der Waals surface area contributed by atoms with E-state index in [1.54, 1.807) is 18.3 Å². The first kappa shape index (κ1) is 16.0. The maximum absolute atomic E-state index is 12.7. The Morgan fingerprint density at radius 1 is 0.808 bits per heavy atom. The highest BCUT2D eigenvalue weighted by Crippen LogP contribution is 2.30. The van der Waals surface area contributed by atoms with Gasteiger partial charge < -0.3 is 4.74 Å². The molecular formula is C22H16N2O2. The van der Waals surface area contributed by atoms with E-state index >= 15 is 0 Å². The molecule has 0 aliphatic heterocycles. The molecule has 1 heterocycles. The first-order valence-corrected chi connectivity index (χ1v) is 8.34. The average Bonchev–Trinajstić information content (AvgIpc) is 2.73. The van der Waals surface area contributed by atoms with Gasteiger partial charge in [0, 0.05) is 10.8 Å². The molecule has 26 heavy (non-hydrogen) atoms. The number of hydrogen-bond acceptors (Lipinski definition) is 4. The number of nitrogens with zero attached hydrogens (tertiary/aromatic N) is 2. The smallest absolute Gasteiger partial charge is 0.339 e. The van der Waals surface area contributed by atoms with Crippen molar-refractivity contribution in [1.29, 1.82) is 0 Å². The van der Waals surface area contributed by atoms with Gasteiger partial charge in [-0.15, -0.1) is 0 Å². The molecule has 0 spiro atoms. The van der Waals surface area contributed by atoms with E-state index in [2.05, 4.69) is 10.2 Å². The molecule has 0 saturated carbocycles. The normalized spacial score (nSPS) is 11.8. The Kier molecular flexibility index (Phi) is 4.39. The maximum Gasteiger partial charge on any atom is 0.339 e. The van der Waals surface area contributed by atoms with Crippen LogP contribution in [0.4, 0.5) is 0 Å². The lowest BCUT2D eigenvalue weighted by atomic mass is 10.0. The summed E-state index contributed by atoms with van der Waals surface area (Å²) in [4.78, 5) is 12.7. The Balaban J connectivity index is 1.80. The molecule has 126 valence electrons. The minimum absolute atomic E-state index is 0.394. The second-order valence-corrected chi connectivity index (χ2v) is 5.88. The lowest BCUT2D eigenvalue weighted by Gasteiger charge is -2.19. The number of rotatable bonds is 4. The molecule has 0 aliphatic rings. The molecule has 0 N–H and O–H groups in total. The Morgan fingerprint density at radius 2 is 1.46 bits per heavy atom. The summed E-state index contributed by atoms with van der Waals surface area (Å²) in [6, 6.07) is 26.4. The van der Waals surface area contributed by atoms with E-state index in [0.29, 0.717) is 11.3 Å². The van der Waals surface area contributed by atoms with Crippen LogP contribution in [0.2, 0.25) is 0 Å². The van der Waals surface area contributed by atoms with Gasteiger partial charge in [-0.05, 0) is 17.7 Å². The molecule has 0 saturated heterocycles. The van der Waals surface area contributed by atoms with Crippen molar-refractivity contribution in [2.45, 2.75) is 6.10 Å². The van der Waals surface area contributed by atoms with Gasteiger partial charge in [-0.25, -0.2) is 4.79 Å². The highest BCUT2D eigenvalue weighted by atomic mass is 16.5. The number of benzene rings is 3. The third-order valence-corrected chi connectivity index (χ3v) is 4.18. The molecule has 1 unspecified atom stereocenters. The molecule has 4 nitrogen and oxygen atoms in total. The molecule has 0 bridgehead atoms. The maximum atomic E-state index is 12.7. The number of carbonyl (C=O) groups is 1. The van der Waals surface area contributed by atoms with Crippen molar-refractivity contribution in [3.8, 4) is 0 Å². The van der Waals surface area contributed by atoms with Crippen LogP contribution in [-0.2, 0) is 4.74 Å². The Bertz CT molecular complexity index is 1030. The van der Waals surface area contributed by atoms with Gasteiger partial charge in [0.25, 0.3) is 0 Å². The molecule has 0 aliphatic carbocycles. The predicted molar refractivity (Wildman–Crippen MR) is 99.7 cm³/mol. The second-order valence-electron chi connectivity index (χ2n) is 5.88. The number of aromatic nitrogens is 2. The quantitative estimate of drug-likeness (QED) is 0.510. The zero-order chi connectivity index (χ0) is 17.8. The summed E-state index contributed by atoms with van der Waals surface area (Å²) >= 11 is 0. The van der Waals surface area contributed by atoms with Crippen molar-refractivity contribution in [2.75, 3.05) is 0 Å². The van der Waals surface area contributed by atoms with Crippen LogP contribution in [0.1, 0.15) is 27.7 Å². The molecule has 0 amide bonds. The van der Waals surface area contributed by atoms with Crippen molar-refractivity contribution in [1.82, 2.24) is 10.2 Å². The van der Waals surface area contributed by atoms with Gasteiger partial charge in [0.15, 0.2) is 6.10 Å². The highest BCUT2D eigenvalue weighted by molar-refractivity contribution is 5.90. The van der Waals surface area contributed by atoms with E-state index in [1.807, 2.05) is 72.8 Å². The topological polar surface area (TPSA) is 52.1 Å². The zero-order valence-corrected chi connectivity index (χ0v) is 13.9. The number of carbonyl (C=O) groups excluding carboxylic acids is 1. The minimum atomic E-state index is -0.637. The summed E-state index contributed by atoms with van der Waals surface area (Å²) in [5.74, 6) is -0.394. The fourth-order valence-corrected chi connectivity index (χ4v) is 2.90. The first-order valence-electron chi connectivity index (χ1n) is 8.34. The van der Waals surface area contributed by atoms with Gasteiger partial charge in [0.1, 0.15) is 5.69 Å². The number of hydrogen-bond donors (Lipinski definition) is 0. The van der Waals surface area contributed by atoms with Crippen LogP contribution in [-0.4, -0.2) is 16.2 Å². The van der Waals surface area contributed by atoms with Gasteiger partial charge in [-0.1, -0.05) is 72.8 Å². The van der Waals surface area contributed by atoms with E-state index in [0.717, 1.165) is 16.3 Å². The molecule has 4 aromatic rings. The summed E-state index contributed by atoms with van der Waals surface area (Å²) in [6.45, 7) is 0. The number of esters is 1. The van der Waals surface area contributed by atoms with E-state index in [4.69, 9.17) is 4.74 Å². The summed E-state index contributed by atoms with van der Waals surface area (Å²) in [6.07, 6.45) is 1.07. The van der Waals surface area contributed by atoms with Gasteiger partial charge >= 0.3 is 5.97 Å². The van der Waals surface area contributed by atoms with Crippen LogP contribution >= 0.6 is 0 Å². The summed E-state index contributed by atoms with van der Waals surface area (Å²) < 4.78 is 5.88. The molecule has 0 radical (unpaired) electrons. The average molecular weight is 340 g/mol. The molecule has 4 heteroatoms. The van der Waals surface area contributed by atoms with Gasteiger partial charge in [-0.3, -0.25) is 0 Å². The molecule has 1 aromatic heterocycles. The van der Waals surface area contributed by atoms with Crippen LogP contribution in [0.3, 0.4) is 0 Å². The van der Waals surface area contributed by atoms with Crippen molar-refractivity contribution >= 4 is 16.7 Å². The van der Waals surface area contributed by atoms with E-state index in [1.165, 1.54) is 0 Å². The van der Waals surface area contributed by atoms with Crippen molar-refractivity contribution in [3.63, 3.8) is 0 Å². The molecule has 1 atom stereocenters. The van der Waals surface area contributed by atoms with E-state index < -0.39 is 12.1 Å². The second kappa shape index (κ2) is 7.15. The molecular weight excluding hydrogens is 324 g/mol. The van der Waals surface area contributed by atoms with Crippen LogP contribution < -0.4 is 0 Å². The van der Waals surface area contributed by atoms with Crippen LogP contribution in [0, 0.1) is 0 Å². The highest BCUT2D eigenvalue weighted by Gasteiger charge is 2.23. The van der Waals surface area contributed by atoms with Gasteiger partial charge in [0.2, 0.25) is 0 Å². The van der Waals surface area contributed by atoms with Crippen LogP contribution in [0.25, 0.3) is 10.8 Å². The summed E-state index contributed by atoms with van der Waals surface area (Å²) in [5.41, 5.74) is 1.97. The number of fused-ring (bicyclic) bond motifs is 1. The third kappa shape index (κ3) is 3.17. The molecule has 3 aromatic carbocycles. The SMILES string of the molecule is O=C(OC(c1ccccc1)c1nncc2ccccc12)c1ccccc1. The van der Waals surface area contributed by atoms with Crippen molar-refractivity contribution in [2.24, 2.45) is 0 Å². The Hall–Kier alpha value is -3.53. The standard InChI is InChI=1S/C22H16N2O2/c25-22(17-11-5-2-6-12-17)26-21(16-9-3-1-4-10-16)20-19-14-8-7-13-18(19)15-23-24-20/h1-15,21H. The predicted octanol–water partition coefficient (Wildman–Crippen LogP) is 4.58. The monoisotopic (exact) mass is 340 g/mol. The Morgan fingerprint density at radius 3 is 2.23 bits per heavy atom. The fraction of sp³-hybridized carbons (Fsp3) is 0.0455. The van der Waals surface area contributed by atoms with E-state index in [-0.39, 0.29) is 0 Å². The molecule has 0 fully saturated rings. The lowest BCUT2D eigenvalue weighted by molar-refractivity contribution is 0.0372. The van der Waals surface area contributed by atoms with Crippen molar-refractivity contribution in [3.05, 3.63) is 108 Å². The lowest BCUT2D eigenvalue weighted by Crippen LogP contribution is -2.15. The fourth-order valence-electron chi connectivity index (χ4n) is 2.90. The number of ether oxygens (including phenoxy) is 1. The molecule has 4 rings (SSSR count). The largest absolute Gasteiger partial charge is 0.447 e. The first-order chi connectivity index (χ1) is 12.8. The van der Waals surface area contributed by atoms with Crippen LogP contribution in [0.15, 0.2) is 91.1 Å². The van der Waals surface area contributed by atoms with E-state index in [9.17, 15) is 4.79 Å².